The summed E-state index contributed by atoms with van der Waals surface area (Å²) in [5, 5.41) is 0. The summed E-state index contributed by atoms with van der Waals surface area (Å²) in [5.74, 6) is -3.89. The zero-order valence-corrected chi connectivity index (χ0v) is 29.6. The third kappa shape index (κ3) is 10.1. The summed E-state index contributed by atoms with van der Waals surface area (Å²) in [6.07, 6.45) is 4.07. The van der Waals surface area contributed by atoms with Gasteiger partial charge in [0.15, 0.2) is 48.7 Å². The Hall–Kier alpha value is -4.31. The number of furan rings is 1. The molecule has 278 valence electrons. The van der Waals surface area contributed by atoms with Crippen LogP contribution in [0, 0.1) is 0 Å². The van der Waals surface area contributed by atoms with Crippen molar-refractivity contribution in [3.05, 3.63) is 73.5 Å². The van der Waals surface area contributed by atoms with Crippen molar-refractivity contribution in [1.29, 1.82) is 0 Å². The van der Waals surface area contributed by atoms with E-state index >= 15 is 0 Å². The highest BCUT2D eigenvalue weighted by atomic mass is 16.8. The Morgan fingerprint density at radius 3 is 1.86 bits per heavy atom. The Labute approximate surface area is 292 Å². The first kappa shape index (κ1) is 40.1. The van der Waals surface area contributed by atoms with Crippen molar-refractivity contribution in [2.75, 3.05) is 20.3 Å². The lowest BCUT2D eigenvalue weighted by atomic mass is 9.90. The lowest BCUT2D eigenvalue weighted by Crippen LogP contribution is -2.67. The van der Waals surface area contributed by atoms with Crippen molar-refractivity contribution in [1.82, 2.24) is 0 Å². The van der Waals surface area contributed by atoms with Gasteiger partial charge in [-0.15, -0.1) is 0 Å². The fourth-order valence-electron chi connectivity index (χ4n) is 5.56. The monoisotopic (exact) mass is 708 g/mol. The summed E-state index contributed by atoms with van der Waals surface area (Å²) in [7, 11) is 1.31. The smallest absolute Gasteiger partial charge is 0.303 e. The Morgan fingerprint density at radius 1 is 0.720 bits per heavy atom. The molecular formula is C35H48O15. The van der Waals surface area contributed by atoms with E-state index in [2.05, 4.69) is 0 Å². The molecule has 3 heterocycles. The number of allylic oxidation sites excluding steroid dienone is 4. The van der Waals surface area contributed by atoms with Crippen LogP contribution in [0.5, 0.6) is 0 Å². The molecule has 15 nitrogen and oxygen atoms in total. The molecule has 1 aromatic heterocycles. The standard InChI is InChI=1S/C35H48O15/c1-9-15-40-20-26-28(42-16-10-2)31(43-17-11-3)33(44-18-12-4)35(50-26,27-14-13-19-41-27)45-21-25-29(46-22(5)36)30(47-23(6)37)32(48-24(7)38)34(39-8)49-25/h9-19,25-26,28-34H,20-21H2,1-8H3/b15-9+,16-10+,17-11+,18-12+/t25-,26-,28-,29-,30+,31+,32-,33+,34+,35+/m1/s1. The number of hydrogen-bond donors (Lipinski definition) is 0. The van der Waals surface area contributed by atoms with Crippen molar-refractivity contribution in [2.45, 2.75) is 109 Å². The Bertz CT molecular complexity index is 1320. The van der Waals surface area contributed by atoms with E-state index in [9.17, 15) is 14.4 Å². The minimum atomic E-state index is -1.90. The summed E-state index contributed by atoms with van der Waals surface area (Å²) in [4.78, 5) is 36.7. The summed E-state index contributed by atoms with van der Waals surface area (Å²) in [5.41, 5.74) is 0. The number of carbonyl (C=O) groups is 3. The van der Waals surface area contributed by atoms with Crippen LogP contribution in [0.4, 0.5) is 0 Å². The van der Waals surface area contributed by atoms with Gasteiger partial charge in [-0.1, -0.05) is 24.3 Å². The van der Waals surface area contributed by atoms with Gasteiger partial charge in [-0.25, -0.2) is 0 Å². The van der Waals surface area contributed by atoms with Gasteiger partial charge in [0.1, 0.15) is 18.8 Å². The molecule has 0 aliphatic carbocycles. The van der Waals surface area contributed by atoms with Gasteiger partial charge < -0.3 is 56.5 Å². The van der Waals surface area contributed by atoms with Gasteiger partial charge in [-0.3, -0.25) is 14.4 Å². The van der Waals surface area contributed by atoms with Crippen LogP contribution in [0.2, 0.25) is 0 Å². The first-order valence-electron chi connectivity index (χ1n) is 16.1. The van der Waals surface area contributed by atoms with Crippen molar-refractivity contribution >= 4 is 17.9 Å². The molecule has 2 aliphatic rings. The van der Waals surface area contributed by atoms with Crippen LogP contribution in [0.25, 0.3) is 0 Å². The van der Waals surface area contributed by atoms with Gasteiger partial charge >= 0.3 is 17.9 Å². The molecule has 10 atom stereocenters. The number of methoxy groups -OCH3 is 1. The molecule has 0 unspecified atom stereocenters. The van der Waals surface area contributed by atoms with E-state index in [1.165, 1.54) is 52.3 Å². The number of ether oxygens (including phenoxy) is 11. The van der Waals surface area contributed by atoms with Gasteiger partial charge in [-0.05, 0) is 39.8 Å². The van der Waals surface area contributed by atoms with E-state index in [0.29, 0.717) is 0 Å². The Kier molecular flexibility index (Phi) is 15.9. The molecule has 15 heteroatoms. The van der Waals surface area contributed by atoms with Crippen molar-refractivity contribution < 1.29 is 70.9 Å². The van der Waals surface area contributed by atoms with Gasteiger partial charge in [0.2, 0.25) is 0 Å². The van der Waals surface area contributed by atoms with Gasteiger partial charge in [-0.2, -0.15) is 0 Å². The van der Waals surface area contributed by atoms with Gasteiger partial charge in [0.25, 0.3) is 5.79 Å². The van der Waals surface area contributed by atoms with E-state index in [1.807, 2.05) is 0 Å². The Balaban J connectivity index is 2.19. The fourth-order valence-corrected chi connectivity index (χ4v) is 5.56. The second-order valence-electron chi connectivity index (χ2n) is 11.1. The maximum Gasteiger partial charge on any atom is 0.303 e. The van der Waals surface area contributed by atoms with Crippen LogP contribution in [-0.4, -0.2) is 93.4 Å². The molecule has 50 heavy (non-hydrogen) atoms. The van der Waals surface area contributed by atoms with Crippen LogP contribution in [-0.2, 0) is 72.3 Å². The normalized spacial score (nSPS) is 31.6. The molecule has 2 saturated heterocycles. The zero-order chi connectivity index (χ0) is 36.7. The number of rotatable bonds is 17. The lowest BCUT2D eigenvalue weighted by Gasteiger charge is -2.50. The van der Waals surface area contributed by atoms with Crippen LogP contribution in [0.1, 0.15) is 54.2 Å². The molecule has 0 radical (unpaired) electrons. The average molecular weight is 709 g/mol. The highest BCUT2D eigenvalue weighted by Gasteiger charge is 2.63. The quantitative estimate of drug-likeness (QED) is 0.127. The summed E-state index contributed by atoms with van der Waals surface area (Å²) in [6.45, 7) is 10.2. The molecule has 0 amide bonds. The largest absolute Gasteiger partial charge is 0.499 e. The van der Waals surface area contributed by atoms with Crippen LogP contribution in [0.15, 0.2) is 72.2 Å². The SMILES string of the molecule is C/C=C/OC[C@H]1O[C@@](OC[C@H]2O[C@H](OC)[C@H](OC(C)=O)[C@@H](OC(C)=O)[C@@H]2OC(C)=O)(c2ccco2)[C@@H](O/C=C/C)[C@@H](O/C=C/C)[C@@H]1O/C=C/C. The molecule has 0 N–H and O–H groups in total. The third-order valence-electron chi connectivity index (χ3n) is 7.34. The van der Waals surface area contributed by atoms with Crippen LogP contribution < -0.4 is 0 Å². The molecule has 2 aliphatic heterocycles. The fraction of sp³-hybridized carbons (Fsp3) is 0.571. The van der Waals surface area contributed by atoms with E-state index in [4.69, 9.17) is 56.5 Å². The van der Waals surface area contributed by atoms with Crippen LogP contribution in [0.3, 0.4) is 0 Å². The van der Waals surface area contributed by atoms with Gasteiger partial charge in [0, 0.05) is 27.9 Å². The van der Waals surface area contributed by atoms with Crippen molar-refractivity contribution in [3.8, 4) is 0 Å². The molecule has 0 aromatic carbocycles. The second-order valence-corrected chi connectivity index (χ2v) is 11.1. The Morgan fingerprint density at radius 2 is 1.30 bits per heavy atom. The van der Waals surface area contributed by atoms with E-state index in [-0.39, 0.29) is 12.4 Å². The predicted molar refractivity (Wildman–Crippen MR) is 173 cm³/mol. The zero-order valence-electron chi connectivity index (χ0n) is 29.6. The van der Waals surface area contributed by atoms with Gasteiger partial charge in [0.05, 0.1) is 37.9 Å². The number of carbonyl (C=O) groups excluding carboxylic acids is 3. The van der Waals surface area contributed by atoms with E-state index in [0.717, 1.165) is 6.92 Å². The maximum atomic E-state index is 12.4. The molecule has 0 saturated carbocycles. The van der Waals surface area contributed by atoms with Crippen LogP contribution >= 0.6 is 0 Å². The predicted octanol–water partition coefficient (Wildman–Crippen LogP) is 4.32. The summed E-state index contributed by atoms with van der Waals surface area (Å²) < 4.78 is 72.2. The average Bonchev–Trinajstić information content (AvgIpc) is 3.62. The topological polar surface area (TPSA) is 166 Å². The van der Waals surface area contributed by atoms with Crippen molar-refractivity contribution in [3.63, 3.8) is 0 Å². The highest BCUT2D eigenvalue weighted by Crippen LogP contribution is 2.45. The highest BCUT2D eigenvalue weighted by molar-refractivity contribution is 5.68. The molecule has 0 bridgehead atoms. The van der Waals surface area contributed by atoms with Crippen molar-refractivity contribution in [2.24, 2.45) is 0 Å². The lowest BCUT2D eigenvalue weighted by molar-refractivity contribution is -0.390. The number of hydrogen-bond acceptors (Lipinski definition) is 15. The number of esters is 3. The molecule has 3 rings (SSSR count). The molecular weight excluding hydrogens is 660 g/mol. The minimum absolute atomic E-state index is 0.00917. The molecule has 2 fully saturated rings. The molecule has 1 aromatic rings. The first-order chi connectivity index (χ1) is 24.1. The van der Waals surface area contributed by atoms with E-state index in [1.54, 1.807) is 64.1 Å². The summed E-state index contributed by atoms with van der Waals surface area (Å²) in [6, 6.07) is 3.28. The summed E-state index contributed by atoms with van der Waals surface area (Å²) >= 11 is 0. The maximum absolute atomic E-state index is 12.4. The third-order valence-corrected chi connectivity index (χ3v) is 7.34. The first-order valence-corrected chi connectivity index (χ1v) is 16.1. The second kappa shape index (κ2) is 19.8. The minimum Gasteiger partial charge on any atom is -0.499 e. The van der Waals surface area contributed by atoms with E-state index < -0.39 is 85.4 Å². The molecule has 0 spiro atoms.